The molecule has 0 aliphatic heterocycles. The van der Waals surface area contributed by atoms with Gasteiger partial charge in [-0.3, -0.25) is 4.79 Å². The quantitative estimate of drug-likeness (QED) is 0.584. The highest BCUT2D eigenvalue weighted by molar-refractivity contribution is 7.66. The van der Waals surface area contributed by atoms with Crippen molar-refractivity contribution in [1.82, 2.24) is 0 Å². The van der Waals surface area contributed by atoms with Crippen LogP contribution in [0.5, 0.6) is 5.75 Å². The van der Waals surface area contributed by atoms with Crippen LogP contribution in [-0.2, 0) is 6.61 Å². The van der Waals surface area contributed by atoms with Crippen molar-refractivity contribution in [2.45, 2.75) is 20.5 Å². The first kappa shape index (κ1) is 17.4. The fourth-order valence-corrected chi connectivity index (χ4v) is 3.86. The molecule has 0 saturated carbocycles. The fraction of sp³-hybridized carbons (Fsp3) is 0.136. The van der Waals surface area contributed by atoms with Gasteiger partial charge in [0.2, 0.25) is 0 Å². The molecule has 1 atom stereocenters. The molecule has 126 valence electrons. The van der Waals surface area contributed by atoms with Crippen LogP contribution in [-0.4, -0.2) is 5.52 Å². The van der Waals surface area contributed by atoms with Gasteiger partial charge in [-0.1, -0.05) is 60.7 Å². The largest absolute Gasteiger partial charge is 0.489 e. The van der Waals surface area contributed by atoms with Crippen molar-refractivity contribution < 1.29 is 9.53 Å². The molecule has 3 heteroatoms. The van der Waals surface area contributed by atoms with Gasteiger partial charge in [0.15, 0.2) is 5.52 Å². The second kappa shape index (κ2) is 8.09. The van der Waals surface area contributed by atoms with Gasteiger partial charge in [0.25, 0.3) is 0 Å². The Hall–Kier alpha value is -2.44. The number of benzene rings is 3. The van der Waals surface area contributed by atoms with Gasteiger partial charge in [-0.05, 0) is 56.6 Å². The van der Waals surface area contributed by atoms with Crippen molar-refractivity contribution in [2.75, 3.05) is 0 Å². The van der Waals surface area contributed by atoms with Crippen LogP contribution in [0.1, 0.15) is 27.0 Å². The lowest BCUT2D eigenvalue weighted by Crippen LogP contribution is -2.04. The van der Waals surface area contributed by atoms with Crippen LogP contribution < -0.4 is 10.0 Å². The first-order valence-corrected chi connectivity index (χ1v) is 9.28. The molecule has 0 amide bonds. The lowest BCUT2D eigenvalue weighted by Gasteiger charge is -2.10. The van der Waals surface area contributed by atoms with E-state index in [0.717, 1.165) is 33.3 Å². The molecule has 1 unspecified atom stereocenters. The third-order valence-electron chi connectivity index (χ3n) is 4.07. The maximum atomic E-state index is 12.6. The Morgan fingerprint density at radius 3 is 2.12 bits per heavy atom. The minimum atomic E-state index is 0.125. The van der Waals surface area contributed by atoms with Crippen molar-refractivity contribution >= 4 is 19.4 Å². The van der Waals surface area contributed by atoms with Crippen LogP contribution in [0.2, 0.25) is 0 Å². The van der Waals surface area contributed by atoms with Gasteiger partial charge >= 0.3 is 0 Å². The molecular weight excluding hydrogens is 327 g/mol. The smallest absolute Gasteiger partial charge is 0.186 e. The number of ether oxygens (including phenoxy) is 1. The van der Waals surface area contributed by atoms with Crippen LogP contribution in [0.4, 0.5) is 0 Å². The minimum absolute atomic E-state index is 0.125. The summed E-state index contributed by atoms with van der Waals surface area (Å²) in [6, 6.07) is 23.9. The number of carbonyl (C=O) groups excluding carboxylic acids is 1. The fourth-order valence-electron chi connectivity index (χ4n) is 2.74. The molecule has 0 N–H and O–H groups in total. The van der Waals surface area contributed by atoms with Crippen molar-refractivity contribution in [3.63, 3.8) is 0 Å². The molecule has 0 saturated heterocycles. The summed E-state index contributed by atoms with van der Waals surface area (Å²) < 4.78 is 5.79. The van der Waals surface area contributed by atoms with Crippen LogP contribution in [0, 0.1) is 13.8 Å². The van der Waals surface area contributed by atoms with E-state index in [1.807, 2.05) is 86.6 Å². The molecule has 0 spiro atoms. The zero-order chi connectivity index (χ0) is 17.6. The van der Waals surface area contributed by atoms with Crippen LogP contribution >= 0.6 is 8.58 Å². The Bertz CT molecular complexity index is 835. The topological polar surface area (TPSA) is 26.3 Å². The number of aryl methyl sites for hydroxylation is 2. The number of hydrogen-bond acceptors (Lipinski definition) is 2. The van der Waals surface area contributed by atoms with Gasteiger partial charge in [-0.2, -0.15) is 0 Å². The summed E-state index contributed by atoms with van der Waals surface area (Å²) >= 11 is 0. The summed E-state index contributed by atoms with van der Waals surface area (Å²) in [7, 11) is 0.125. The predicted molar refractivity (Wildman–Crippen MR) is 105 cm³/mol. The second-order valence-corrected chi connectivity index (χ2v) is 7.30. The number of hydrogen-bond donors (Lipinski definition) is 0. The first-order valence-electron chi connectivity index (χ1n) is 8.28. The first-order chi connectivity index (χ1) is 12.1. The van der Waals surface area contributed by atoms with Gasteiger partial charge in [0.05, 0.1) is 0 Å². The lowest BCUT2D eigenvalue weighted by atomic mass is 10.0. The molecule has 0 fully saturated rings. The van der Waals surface area contributed by atoms with Crippen molar-refractivity contribution in [3.8, 4) is 5.75 Å². The SMILES string of the molecule is Cc1cccc(C)c1C(=O)Pc1ccc(OCc2ccccc2)cc1. The summed E-state index contributed by atoms with van der Waals surface area (Å²) in [5.41, 5.74) is 4.26. The zero-order valence-corrected chi connectivity index (χ0v) is 15.5. The van der Waals surface area contributed by atoms with E-state index in [4.69, 9.17) is 4.74 Å². The third-order valence-corrected chi connectivity index (χ3v) is 5.17. The predicted octanol–water partition coefficient (Wildman–Crippen LogP) is 5.03. The van der Waals surface area contributed by atoms with Gasteiger partial charge in [-0.25, -0.2) is 0 Å². The van der Waals surface area contributed by atoms with E-state index < -0.39 is 0 Å². The Kier molecular flexibility index (Phi) is 5.63. The van der Waals surface area contributed by atoms with E-state index in [0.29, 0.717) is 6.61 Å². The number of rotatable bonds is 6. The van der Waals surface area contributed by atoms with Crippen LogP contribution in [0.3, 0.4) is 0 Å². The molecule has 3 aromatic rings. The van der Waals surface area contributed by atoms with Gasteiger partial charge in [0, 0.05) is 5.56 Å². The molecule has 0 aromatic heterocycles. The summed E-state index contributed by atoms with van der Waals surface area (Å²) in [4.78, 5) is 12.6. The molecular formula is C22H21O2P. The third kappa shape index (κ3) is 4.55. The Labute approximate surface area is 150 Å². The molecule has 0 heterocycles. The van der Waals surface area contributed by atoms with Crippen molar-refractivity contribution in [1.29, 1.82) is 0 Å². The number of carbonyl (C=O) groups is 1. The molecule has 0 radical (unpaired) electrons. The molecule has 25 heavy (non-hydrogen) atoms. The Morgan fingerprint density at radius 2 is 1.48 bits per heavy atom. The highest BCUT2D eigenvalue weighted by Crippen LogP contribution is 2.25. The lowest BCUT2D eigenvalue weighted by molar-refractivity contribution is 0.108. The Balaban J connectivity index is 1.63. The summed E-state index contributed by atoms with van der Waals surface area (Å²) in [6.07, 6.45) is 0. The normalized spacial score (nSPS) is 11.0. The van der Waals surface area contributed by atoms with Crippen LogP contribution in [0.25, 0.3) is 0 Å². The van der Waals surface area contributed by atoms with E-state index >= 15 is 0 Å². The van der Waals surface area contributed by atoms with E-state index in [-0.39, 0.29) is 14.1 Å². The standard InChI is InChI=1S/C22H21O2P/c1-16-7-6-8-17(2)21(16)22(23)25-20-13-11-19(12-14-20)24-15-18-9-4-3-5-10-18/h3-14,25H,15H2,1-2H3. The summed E-state index contributed by atoms with van der Waals surface area (Å²) in [6.45, 7) is 4.53. The average molecular weight is 348 g/mol. The zero-order valence-electron chi connectivity index (χ0n) is 14.5. The highest BCUT2D eigenvalue weighted by Gasteiger charge is 2.12. The summed E-state index contributed by atoms with van der Waals surface area (Å²) in [5.74, 6) is 0.817. The van der Waals surface area contributed by atoms with E-state index in [2.05, 4.69) is 0 Å². The monoisotopic (exact) mass is 348 g/mol. The second-order valence-electron chi connectivity index (χ2n) is 6.02. The van der Waals surface area contributed by atoms with Crippen LogP contribution in [0.15, 0.2) is 72.8 Å². The molecule has 0 aliphatic rings. The maximum Gasteiger partial charge on any atom is 0.186 e. The van der Waals surface area contributed by atoms with Crippen molar-refractivity contribution in [2.24, 2.45) is 0 Å². The molecule has 3 aromatic carbocycles. The molecule has 0 aliphatic carbocycles. The van der Waals surface area contributed by atoms with Gasteiger partial charge < -0.3 is 4.74 Å². The molecule has 3 rings (SSSR count). The molecule has 0 bridgehead atoms. The highest BCUT2D eigenvalue weighted by atomic mass is 31.1. The van der Waals surface area contributed by atoms with Gasteiger partial charge in [-0.15, -0.1) is 0 Å². The molecule has 2 nitrogen and oxygen atoms in total. The summed E-state index contributed by atoms with van der Waals surface area (Å²) in [5, 5.41) is 1.03. The van der Waals surface area contributed by atoms with E-state index in [1.165, 1.54) is 0 Å². The average Bonchev–Trinajstić information content (AvgIpc) is 2.62. The maximum absolute atomic E-state index is 12.6. The van der Waals surface area contributed by atoms with E-state index in [1.54, 1.807) is 0 Å². The van der Waals surface area contributed by atoms with E-state index in [9.17, 15) is 4.79 Å². The minimum Gasteiger partial charge on any atom is -0.489 e. The van der Waals surface area contributed by atoms with Crippen molar-refractivity contribution in [3.05, 3.63) is 95.1 Å². The van der Waals surface area contributed by atoms with Gasteiger partial charge in [0.1, 0.15) is 12.4 Å². The Morgan fingerprint density at radius 1 is 0.840 bits per heavy atom.